The van der Waals surface area contributed by atoms with Gasteiger partial charge < -0.3 is 11.1 Å². The number of hydrogen-bond acceptors (Lipinski definition) is 2. The largest absolute Gasteiger partial charge is 0.327 e. The van der Waals surface area contributed by atoms with E-state index in [-0.39, 0.29) is 0 Å². The van der Waals surface area contributed by atoms with E-state index in [2.05, 4.69) is 33.6 Å². The Morgan fingerprint density at radius 2 is 1.40 bits per heavy atom. The zero-order chi connectivity index (χ0) is 13.3. The molecule has 0 aliphatic carbocycles. The SMILES string of the molecule is C=N.CC.CC.CC(C)=C/C(C)=C\CN. The molecule has 0 aromatic carbocycles. The van der Waals surface area contributed by atoms with Gasteiger partial charge in [-0.15, -0.1) is 0 Å². The summed E-state index contributed by atoms with van der Waals surface area (Å²) in [4.78, 5) is 0. The van der Waals surface area contributed by atoms with Crippen molar-refractivity contribution >= 4 is 6.72 Å². The van der Waals surface area contributed by atoms with Crippen LogP contribution in [-0.4, -0.2) is 13.3 Å². The van der Waals surface area contributed by atoms with E-state index < -0.39 is 0 Å². The zero-order valence-electron chi connectivity index (χ0n) is 11.6. The molecule has 0 fully saturated rings. The summed E-state index contributed by atoms with van der Waals surface area (Å²) in [6.07, 6.45) is 4.12. The molecule has 15 heavy (non-hydrogen) atoms. The summed E-state index contributed by atoms with van der Waals surface area (Å²) in [5.41, 5.74) is 7.86. The molecule has 0 spiro atoms. The first-order valence-electron chi connectivity index (χ1n) is 5.54. The molecule has 0 aromatic heterocycles. The Hall–Kier alpha value is -0.890. The first-order chi connectivity index (χ1) is 7.16. The molecule has 0 atom stereocenters. The van der Waals surface area contributed by atoms with Crippen LogP contribution in [0.2, 0.25) is 0 Å². The van der Waals surface area contributed by atoms with Crippen molar-refractivity contribution in [3.8, 4) is 0 Å². The topological polar surface area (TPSA) is 49.9 Å². The Kier molecular flexibility index (Phi) is 46.2. The summed E-state index contributed by atoms with van der Waals surface area (Å²) >= 11 is 0. The molecule has 0 aliphatic rings. The predicted octanol–water partition coefficient (Wildman–Crippen LogP) is 4.18. The summed E-state index contributed by atoms with van der Waals surface area (Å²) in [5.74, 6) is 0. The molecule has 0 heterocycles. The fourth-order valence-electron chi connectivity index (χ4n) is 0.700. The molecule has 2 heteroatoms. The van der Waals surface area contributed by atoms with Crippen molar-refractivity contribution in [2.45, 2.75) is 48.5 Å². The van der Waals surface area contributed by atoms with Gasteiger partial charge >= 0.3 is 0 Å². The summed E-state index contributed by atoms with van der Waals surface area (Å²) in [7, 11) is 0. The van der Waals surface area contributed by atoms with Gasteiger partial charge in [-0.3, -0.25) is 0 Å². The van der Waals surface area contributed by atoms with Gasteiger partial charge in [-0.1, -0.05) is 51.0 Å². The second kappa shape index (κ2) is 29.2. The van der Waals surface area contributed by atoms with Crippen molar-refractivity contribution < 1.29 is 0 Å². The monoisotopic (exact) mass is 214 g/mol. The van der Waals surface area contributed by atoms with Crippen LogP contribution < -0.4 is 5.73 Å². The maximum Gasteiger partial charge on any atom is 0.0112 e. The number of rotatable bonds is 2. The second-order valence-electron chi connectivity index (χ2n) is 2.41. The van der Waals surface area contributed by atoms with Gasteiger partial charge in [0.2, 0.25) is 0 Å². The Morgan fingerprint density at radius 1 is 1.07 bits per heavy atom. The van der Waals surface area contributed by atoms with Crippen LogP contribution in [0, 0.1) is 5.41 Å². The van der Waals surface area contributed by atoms with E-state index in [9.17, 15) is 0 Å². The summed E-state index contributed by atoms with van der Waals surface area (Å²) in [6, 6.07) is 0. The maximum atomic E-state index is 5.50. The molecule has 2 nitrogen and oxygen atoms in total. The van der Waals surface area contributed by atoms with Gasteiger partial charge in [-0.05, 0) is 27.5 Å². The third-order valence-electron chi connectivity index (χ3n) is 0.956. The molecular formula is C13H30N2. The van der Waals surface area contributed by atoms with E-state index in [4.69, 9.17) is 11.1 Å². The van der Waals surface area contributed by atoms with Crippen molar-refractivity contribution in [1.82, 2.24) is 0 Å². The smallest absolute Gasteiger partial charge is 0.0112 e. The second-order valence-corrected chi connectivity index (χ2v) is 2.41. The van der Waals surface area contributed by atoms with Gasteiger partial charge in [0, 0.05) is 6.54 Å². The lowest BCUT2D eigenvalue weighted by atomic mass is 10.2. The highest BCUT2D eigenvalue weighted by Gasteiger charge is 1.79. The lowest BCUT2D eigenvalue weighted by Crippen LogP contribution is -1.93. The molecule has 0 radical (unpaired) electrons. The van der Waals surface area contributed by atoms with Gasteiger partial charge in [0.25, 0.3) is 0 Å². The molecule has 0 saturated carbocycles. The zero-order valence-corrected chi connectivity index (χ0v) is 11.6. The molecule has 0 saturated heterocycles. The van der Waals surface area contributed by atoms with Crippen LogP contribution in [0.3, 0.4) is 0 Å². The van der Waals surface area contributed by atoms with Gasteiger partial charge in [0.15, 0.2) is 0 Å². The van der Waals surface area contributed by atoms with E-state index in [1.165, 1.54) is 11.1 Å². The Balaban J connectivity index is -0.0000000860. The Labute approximate surface area is 96.8 Å². The van der Waals surface area contributed by atoms with Crippen LogP contribution in [0.4, 0.5) is 0 Å². The lowest BCUT2D eigenvalue weighted by molar-refractivity contribution is 1.22. The summed E-state index contributed by atoms with van der Waals surface area (Å²) in [5, 5.41) is 5.50. The van der Waals surface area contributed by atoms with Crippen molar-refractivity contribution in [2.24, 2.45) is 5.73 Å². The van der Waals surface area contributed by atoms with E-state index >= 15 is 0 Å². The molecule has 3 N–H and O–H groups in total. The molecule has 92 valence electrons. The van der Waals surface area contributed by atoms with Crippen LogP contribution in [-0.2, 0) is 0 Å². The van der Waals surface area contributed by atoms with E-state index in [1.54, 1.807) is 0 Å². The quantitative estimate of drug-likeness (QED) is 0.526. The number of allylic oxidation sites excluding steroid dienone is 3. The van der Waals surface area contributed by atoms with Crippen LogP contribution in [0.5, 0.6) is 0 Å². The van der Waals surface area contributed by atoms with Gasteiger partial charge in [0.1, 0.15) is 0 Å². The Bertz CT molecular complexity index is 143. The third-order valence-corrected chi connectivity index (χ3v) is 0.956. The molecule has 0 amide bonds. The first-order valence-corrected chi connectivity index (χ1v) is 5.54. The average Bonchev–Trinajstić information content (AvgIpc) is 2.26. The Morgan fingerprint density at radius 3 is 1.60 bits per heavy atom. The van der Waals surface area contributed by atoms with Gasteiger partial charge in [-0.2, -0.15) is 0 Å². The summed E-state index contributed by atoms with van der Waals surface area (Å²) < 4.78 is 0. The van der Waals surface area contributed by atoms with Crippen molar-refractivity contribution in [3.63, 3.8) is 0 Å². The maximum absolute atomic E-state index is 5.50. The minimum Gasteiger partial charge on any atom is -0.327 e. The molecule has 0 rings (SSSR count). The minimum absolute atomic E-state index is 0.635. The highest BCUT2D eigenvalue weighted by molar-refractivity contribution is 5.19. The van der Waals surface area contributed by atoms with Crippen molar-refractivity contribution in [3.05, 3.63) is 23.3 Å². The van der Waals surface area contributed by atoms with Crippen LogP contribution in [0.15, 0.2) is 23.3 Å². The molecule has 0 aromatic rings. The highest BCUT2D eigenvalue weighted by Crippen LogP contribution is 1.98. The fourth-order valence-corrected chi connectivity index (χ4v) is 0.700. The van der Waals surface area contributed by atoms with Gasteiger partial charge in [-0.25, -0.2) is 0 Å². The molecular weight excluding hydrogens is 184 g/mol. The molecule has 0 aliphatic heterocycles. The molecule has 0 bridgehead atoms. The van der Waals surface area contributed by atoms with E-state index in [0.717, 1.165) is 0 Å². The first kappa shape index (κ1) is 23.7. The van der Waals surface area contributed by atoms with Crippen LogP contribution >= 0.6 is 0 Å². The normalized spacial score (nSPS) is 7.87. The lowest BCUT2D eigenvalue weighted by Gasteiger charge is -1.90. The van der Waals surface area contributed by atoms with E-state index in [0.29, 0.717) is 6.54 Å². The summed E-state index contributed by atoms with van der Waals surface area (Å²) in [6.45, 7) is 17.3. The number of nitrogens with two attached hydrogens (primary N) is 1. The predicted molar refractivity (Wildman–Crippen MR) is 74.8 cm³/mol. The fraction of sp³-hybridized carbons (Fsp3) is 0.615. The van der Waals surface area contributed by atoms with Crippen molar-refractivity contribution in [2.75, 3.05) is 6.54 Å². The number of nitrogens with one attached hydrogen (secondary N) is 1. The van der Waals surface area contributed by atoms with E-state index in [1.807, 2.05) is 33.8 Å². The van der Waals surface area contributed by atoms with Crippen molar-refractivity contribution in [1.29, 1.82) is 5.41 Å². The molecule has 0 unspecified atom stereocenters. The number of hydrogen-bond donors (Lipinski definition) is 2. The standard InChI is InChI=1S/C8H15N.2C2H6.CH3N/c1-7(2)6-8(3)4-5-9;3*1-2/h4,6H,5,9H2,1-3H3;2*1-2H3;2H,1H2/b8-4-;;;. The van der Waals surface area contributed by atoms with Crippen LogP contribution in [0.1, 0.15) is 48.5 Å². The highest BCUT2D eigenvalue weighted by atomic mass is 14.5. The van der Waals surface area contributed by atoms with Gasteiger partial charge in [0.05, 0.1) is 0 Å². The average molecular weight is 214 g/mol. The minimum atomic E-state index is 0.635. The third kappa shape index (κ3) is 43.3. The van der Waals surface area contributed by atoms with Crippen LogP contribution in [0.25, 0.3) is 0 Å².